The lowest BCUT2D eigenvalue weighted by atomic mass is 9.79. The van der Waals surface area contributed by atoms with Crippen LogP contribution in [0.5, 0.6) is 0 Å². The predicted octanol–water partition coefficient (Wildman–Crippen LogP) is 0.833. The second-order valence-electron chi connectivity index (χ2n) is 6.70. The van der Waals surface area contributed by atoms with Crippen molar-refractivity contribution in [3.8, 4) is 0 Å². The first-order valence-electron chi connectivity index (χ1n) is 8.29. The molecule has 0 spiro atoms. The summed E-state index contributed by atoms with van der Waals surface area (Å²) in [5, 5.41) is 3.38. The van der Waals surface area contributed by atoms with E-state index in [9.17, 15) is 9.59 Å². The third-order valence-electron chi connectivity index (χ3n) is 5.70. The fourth-order valence-corrected chi connectivity index (χ4v) is 4.68. The Balaban J connectivity index is 0.00000192. The minimum atomic E-state index is -0.363. The number of nitrogens with zero attached hydrogens (tertiary/aromatic N) is 1. The molecule has 3 rings (SSSR count). The third kappa shape index (κ3) is 3.35. The van der Waals surface area contributed by atoms with Gasteiger partial charge in [0.05, 0.1) is 26.1 Å². The van der Waals surface area contributed by atoms with Crippen LogP contribution in [-0.4, -0.2) is 62.8 Å². The molecule has 0 aromatic rings. The second-order valence-corrected chi connectivity index (χ2v) is 6.70. The quantitative estimate of drug-likeness (QED) is 0.761. The zero-order chi connectivity index (χ0) is 15.7. The number of hydrogen-bond acceptors (Lipinski definition) is 6. The van der Waals surface area contributed by atoms with E-state index in [1.165, 1.54) is 27.1 Å². The van der Waals surface area contributed by atoms with Crippen LogP contribution in [0.4, 0.5) is 0 Å². The second kappa shape index (κ2) is 7.81. The summed E-state index contributed by atoms with van der Waals surface area (Å²) >= 11 is 0. The number of rotatable bonds is 4. The van der Waals surface area contributed by atoms with Gasteiger partial charge in [-0.1, -0.05) is 0 Å². The van der Waals surface area contributed by atoms with E-state index in [-0.39, 0.29) is 48.3 Å². The molecule has 0 radical (unpaired) electrons. The van der Waals surface area contributed by atoms with Gasteiger partial charge in [-0.3, -0.25) is 14.5 Å². The first kappa shape index (κ1) is 18.5. The monoisotopic (exact) mass is 346 g/mol. The highest BCUT2D eigenvalue weighted by Crippen LogP contribution is 2.47. The maximum Gasteiger partial charge on any atom is 0.311 e. The van der Waals surface area contributed by atoms with Gasteiger partial charge in [-0.2, -0.15) is 0 Å². The number of carbonyl (C=O) groups is 2. The molecule has 0 aromatic heterocycles. The largest absolute Gasteiger partial charge is 0.469 e. The molecule has 0 aliphatic carbocycles. The van der Waals surface area contributed by atoms with E-state index < -0.39 is 0 Å². The summed E-state index contributed by atoms with van der Waals surface area (Å²) < 4.78 is 9.93. The van der Waals surface area contributed by atoms with Crippen molar-refractivity contribution in [1.29, 1.82) is 0 Å². The van der Waals surface area contributed by atoms with Gasteiger partial charge in [0.15, 0.2) is 0 Å². The van der Waals surface area contributed by atoms with Crippen molar-refractivity contribution in [2.75, 3.05) is 33.9 Å². The molecule has 132 valence electrons. The fourth-order valence-electron chi connectivity index (χ4n) is 4.68. The van der Waals surface area contributed by atoms with E-state index in [4.69, 9.17) is 9.47 Å². The van der Waals surface area contributed by atoms with Gasteiger partial charge >= 0.3 is 11.9 Å². The first-order chi connectivity index (χ1) is 10.7. The average molecular weight is 347 g/mol. The predicted molar refractivity (Wildman–Crippen MR) is 87.4 cm³/mol. The van der Waals surface area contributed by atoms with Crippen LogP contribution < -0.4 is 5.32 Å². The van der Waals surface area contributed by atoms with Crippen LogP contribution in [-0.2, 0) is 19.1 Å². The van der Waals surface area contributed by atoms with Crippen molar-refractivity contribution < 1.29 is 19.1 Å². The number of carbonyl (C=O) groups excluding carboxylic acids is 2. The Morgan fingerprint density at radius 3 is 1.87 bits per heavy atom. The molecule has 6 nitrogen and oxygen atoms in total. The lowest BCUT2D eigenvalue weighted by molar-refractivity contribution is -0.157. The summed E-state index contributed by atoms with van der Waals surface area (Å²) in [4.78, 5) is 26.8. The van der Waals surface area contributed by atoms with Crippen molar-refractivity contribution >= 4 is 24.3 Å². The van der Waals surface area contributed by atoms with E-state index >= 15 is 0 Å². The zero-order valence-electron chi connectivity index (χ0n) is 13.8. The van der Waals surface area contributed by atoms with E-state index in [0.29, 0.717) is 5.92 Å². The smallest absolute Gasteiger partial charge is 0.311 e. The Labute approximate surface area is 143 Å². The van der Waals surface area contributed by atoms with Crippen LogP contribution in [0.3, 0.4) is 0 Å². The normalized spacial score (nSPS) is 34.0. The molecule has 1 N–H and O–H groups in total. The molecule has 0 saturated carbocycles. The van der Waals surface area contributed by atoms with E-state index in [1.807, 2.05) is 0 Å². The molecule has 3 aliphatic rings. The SMILES string of the molecule is COC(=O)C1C(C(=O)OC)C2CCC1N2CC1CCNCC1.Cl. The van der Waals surface area contributed by atoms with Crippen LogP contribution in [0.25, 0.3) is 0 Å². The highest BCUT2D eigenvalue weighted by atomic mass is 35.5. The Hall–Kier alpha value is -0.850. The summed E-state index contributed by atoms with van der Waals surface area (Å²) in [5.41, 5.74) is 0. The summed E-state index contributed by atoms with van der Waals surface area (Å²) in [6, 6.07) is 0.271. The molecule has 3 saturated heterocycles. The zero-order valence-corrected chi connectivity index (χ0v) is 14.6. The topological polar surface area (TPSA) is 67.9 Å². The molecule has 4 atom stereocenters. The molecule has 7 heteroatoms. The Morgan fingerprint density at radius 1 is 0.957 bits per heavy atom. The molecule has 3 fully saturated rings. The van der Waals surface area contributed by atoms with Gasteiger partial charge in [0, 0.05) is 18.6 Å². The van der Waals surface area contributed by atoms with E-state index in [1.54, 1.807) is 0 Å². The number of piperidine rings is 1. The maximum absolute atomic E-state index is 12.2. The highest BCUT2D eigenvalue weighted by molar-refractivity contribution is 5.85. The van der Waals surface area contributed by atoms with Gasteiger partial charge in [0.2, 0.25) is 0 Å². The van der Waals surface area contributed by atoms with Crippen molar-refractivity contribution in [2.24, 2.45) is 17.8 Å². The van der Waals surface area contributed by atoms with Gasteiger partial charge in [-0.25, -0.2) is 0 Å². The summed E-state index contributed by atoms with van der Waals surface area (Å²) in [6.45, 7) is 3.11. The maximum atomic E-state index is 12.2. The molecule has 23 heavy (non-hydrogen) atoms. The van der Waals surface area contributed by atoms with E-state index in [2.05, 4.69) is 10.2 Å². The molecular weight excluding hydrogens is 320 g/mol. The van der Waals surface area contributed by atoms with Gasteiger partial charge in [-0.05, 0) is 44.7 Å². The molecule has 0 aromatic carbocycles. The Kier molecular flexibility index (Phi) is 6.28. The van der Waals surface area contributed by atoms with Gasteiger partial charge in [0.1, 0.15) is 0 Å². The number of fused-ring (bicyclic) bond motifs is 2. The summed E-state index contributed by atoms with van der Waals surface area (Å²) in [6.07, 6.45) is 4.29. The molecule has 0 amide bonds. The number of halogens is 1. The number of nitrogens with one attached hydrogen (secondary N) is 1. The number of methoxy groups -OCH3 is 2. The summed E-state index contributed by atoms with van der Waals surface area (Å²) in [5.74, 6) is -0.606. The minimum Gasteiger partial charge on any atom is -0.469 e. The number of ether oxygens (including phenoxy) is 2. The van der Waals surface area contributed by atoms with Crippen molar-refractivity contribution in [3.63, 3.8) is 0 Å². The molecule has 4 unspecified atom stereocenters. The highest BCUT2D eigenvalue weighted by Gasteiger charge is 2.59. The number of esters is 2. The fraction of sp³-hybridized carbons (Fsp3) is 0.875. The van der Waals surface area contributed by atoms with Crippen LogP contribution in [0.1, 0.15) is 25.7 Å². The van der Waals surface area contributed by atoms with Gasteiger partial charge in [-0.15, -0.1) is 12.4 Å². The molecular formula is C16H27ClN2O4. The average Bonchev–Trinajstić information content (AvgIpc) is 3.09. The van der Waals surface area contributed by atoms with Gasteiger partial charge in [0.25, 0.3) is 0 Å². The van der Waals surface area contributed by atoms with Crippen molar-refractivity contribution in [2.45, 2.75) is 37.8 Å². The lowest BCUT2D eigenvalue weighted by Gasteiger charge is -2.30. The molecule has 3 heterocycles. The minimum absolute atomic E-state index is 0. The third-order valence-corrected chi connectivity index (χ3v) is 5.70. The Bertz CT molecular complexity index is 412. The van der Waals surface area contributed by atoms with Crippen LogP contribution in [0.15, 0.2) is 0 Å². The molecule has 2 bridgehead atoms. The number of hydrogen-bond donors (Lipinski definition) is 1. The lowest BCUT2D eigenvalue weighted by Crippen LogP contribution is -2.40. The van der Waals surface area contributed by atoms with Crippen LogP contribution in [0, 0.1) is 17.8 Å². The van der Waals surface area contributed by atoms with Crippen molar-refractivity contribution in [3.05, 3.63) is 0 Å². The standard InChI is InChI=1S/C16H26N2O4.ClH/c1-21-15(19)13-11-3-4-12(14(13)16(20)22-2)18(11)9-10-5-7-17-8-6-10;/h10-14,17H,3-9H2,1-2H3;1H. The van der Waals surface area contributed by atoms with Crippen molar-refractivity contribution in [1.82, 2.24) is 10.2 Å². The Morgan fingerprint density at radius 2 is 1.43 bits per heavy atom. The van der Waals surface area contributed by atoms with Crippen LogP contribution >= 0.6 is 12.4 Å². The molecule has 3 aliphatic heterocycles. The summed E-state index contributed by atoms with van der Waals surface area (Å²) in [7, 11) is 2.81. The van der Waals surface area contributed by atoms with E-state index in [0.717, 1.165) is 32.5 Å². The van der Waals surface area contributed by atoms with Gasteiger partial charge < -0.3 is 14.8 Å². The van der Waals surface area contributed by atoms with Crippen LogP contribution in [0.2, 0.25) is 0 Å². The first-order valence-corrected chi connectivity index (χ1v) is 8.29.